The molecule has 1 rings (SSSR count). The van der Waals surface area contributed by atoms with Gasteiger partial charge in [0.05, 0.1) is 0 Å². The van der Waals surface area contributed by atoms with Crippen molar-refractivity contribution in [2.45, 2.75) is 36.9 Å². The van der Waals surface area contributed by atoms with Crippen LogP contribution in [0.3, 0.4) is 0 Å². The van der Waals surface area contributed by atoms with Gasteiger partial charge in [0.2, 0.25) is 0 Å². The zero-order valence-corrected chi connectivity index (χ0v) is 11.4. The van der Waals surface area contributed by atoms with Gasteiger partial charge in [0, 0.05) is 17.4 Å². The van der Waals surface area contributed by atoms with Crippen molar-refractivity contribution in [3.63, 3.8) is 0 Å². The number of nitrogens with one attached hydrogen (secondary N) is 1. The van der Waals surface area contributed by atoms with E-state index in [9.17, 15) is 13.2 Å². The number of rotatable bonds is 6. The Morgan fingerprint density at radius 1 is 1.22 bits per heavy atom. The molecule has 0 aromatic heterocycles. The van der Waals surface area contributed by atoms with Crippen LogP contribution in [0.5, 0.6) is 0 Å². The summed E-state index contributed by atoms with van der Waals surface area (Å²) in [6.45, 7) is 2.56. The number of benzene rings is 1. The molecule has 0 fully saturated rings. The molecular formula is C13H18F3NS. The van der Waals surface area contributed by atoms with E-state index in [1.807, 2.05) is 37.4 Å². The first kappa shape index (κ1) is 15.4. The van der Waals surface area contributed by atoms with Crippen LogP contribution in [0.25, 0.3) is 0 Å². The lowest BCUT2D eigenvalue weighted by atomic mass is 10.0. The molecule has 0 heterocycles. The minimum atomic E-state index is -4.09. The first-order valence-corrected chi connectivity index (χ1v) is 7.13. The number of alkyl halides is 3. The molecule has 5 heteroatoms. The van der Waals surface area contributed by atoms with E-state index in [4.69, 9.17) is 0 Å². The standard InChI is InChI=1S/C13H18F3NS/c1-3-17-12(8-9-13(14,15)16)10-4-6-11(18-2)7-5-10/h4-7,12,17H,3,8-9H2,1-2H3. The van der Waals surface area contributed by atoms with Crippen molar-refractivity contribution in [1.82, 2.24) is 5.32 Å². The predicted octanol–water partition coefficient (Wildman–Crippen LogP) is 4.40. The number of hydrogen-bond acceptors (Lipinski definition) is 2. The average Bonchev–Trinajstić information content (AvgIpc) is 2.33. The fourth-order valence-electron chi connectivity index (χ4n) is 1.78. The quantitative estimate of drug-likeness (QED) is 0.773. The Balaban J connectivity index is 2.70. The highest BCUT2D eigenvalue weighted by atomic mass is 32.2. The molecule has 0 aliphatic carbocycles. The number of hydrogen-bond donors (Lipinski definition) is 1. The summed E-state index contributed by atoms with van der Waals surface area (Å²) in [6.07, 6.45) is -2.79. The maximum Gasteiger partial charge on any atom is 0.389 e. The summed E-state index contributed by atoms with van der Waals surface area (Å²) in [5.41, 5.74) is 0.916. The third kappa shape index (κ3) is 5.31. The van der Waals surface area contributed by atoms with Gasteiger partial charge in [-0.1, -0.05) is 19.1 Å². The molecule has 1 nitrogen and oxygen atoms in total. The van der Waals surface area contributed by atoms with Gasteiger partial charge in [-0.05, 0) is 36.9 Å². The molecule has 0 bridgehead atoms. The second kappa shape index (κ2) is 7.04. The van der Waals surface area contributed by atoms with E-state index < -0.39 is 12.6 Å². The van der Waals surface area contributed by atoms with E-state index in [1.54, 1.807) is 11.8 Å². The Hall–Kier alpha value is -0.680. The van der Waals surface area contributed by atoms with Crippen LogP contribution in [0.2, 0.25) is 0 Å². The van der Waals surface area contributed by atoms with Gasteiger partial charge in [-0.3, -0.25) is 0 Å². The fourth-order valence-corrected chi connectivity index (χ4v) is 2.19. The number of halogens is 3. The average molecular weight is 277 g/mol. The van der Waals surface area contributed by atoms with Crippen LogP contribution in [0.1, 0.15) is 31.4 Å². The van der Waals surface area contributed by atoms with Crippen molar-refractivity contribution >= 4 is 11.8 Å². The molecular weight excluding hydrogens is 259 g/mol. The lowest BCUT2D eigenvalue weighted by Crippen LogP contribution is -2.23. The van der Waals surface area contributed by atoms with E-state index >= 15 is 0 Å². The smallest absolute Gasteiger partial charge is 0.310 e. The fraction of sp³-hybridized carbons (Fsp3) is 0.538. The molecule has 1 unspecified atom stereocenters. The predicted molar refractivity (Wildman–Crippen MR) is 69.9 cm³/mol. The maximum atomic E-state index is 12.3. The second-order valence-electron chi connectivity index (χ2n) is 4.04. The van der Waals surface area contributed by atoms with Crippen LogP contribution in [0.4, 0.5) is 13.2 Å². The highest BCUT2D eigenvalue weighted by Gasteiger charge is 2.28. The topological polar surface area (TPSA) is 12.0 Å². The maximum absolute atomic E-state index is 12.3. The van der Waals surface area contributed by atoms with Crippen molar-refractivity contribution in [3.8, 4) is 0 Å². The summed E-state index contributed by atoms with van der Waals surface area (Å²) >= 11 is 1.62. The summed E-state index contributed by atoms with van der Waals surface area (Å²) in [5.74, 6) is 0. The Morgan fingerprint density at radius 2 is 1.83 bits per heavy atom. The zero-order chi connectivity index (χ0) is 13.6. The molecule has 102 valence electrons. The van der Waals surface area contributed by atoms with Crippen LogP contribution in [-0.2, 0) is 0 Å². The first-order valence-electron chi connectivity index (χ1n) is 5.90. The van der Waals surface area contributed by atoms with Gasteiger partial charge in [-0.15, -0.1) is 11.8 Å². The summed E-state index contributed by atoms with van der Waals surface area (Å²) in [6, 6.07) is 7.45. The second-order valence-corrected chi connectivity index (χ2v) is 4.92. The van der Waals surface area contributed by atoms with Gasteiger partial charge in [0.25, 0.3) is 0 Å². The lowest BCUT2D eigenvalue weighted by molar-refractivity contribution is -0.136. The van der Waals surface area contributed by atoms with Gasteiger partial charge in [-0.25, -0.2) is 0 Å². The van der Waals surface area contributed by atoms with Gasteiger partial charge in [-0.2, -0.15) is 13.2 Å². The molecule has 1 N–H and O–H groups in total. The molecule has 1 atom stereocenters. The summed E-state index contributed by atoms with van der Waals surface area (Å²) in [4.78, 5) is 1.12. The zero-order valence-electron chi connectivity index (χ0n) is 10.6. The molecule has 0 amide bonds. The molecule has 0 radical (unpaired) electrons. The van der Waals surface area contributed by atoms with Crippen molar-refractivity contribution < 1.29 is 13.2 Å². The van der Waals surface area contributed by atoms with Crippen LogP contribution >= 0.6 is 11.8 Å². The molecule has 1 aromatic carbocycles. The Bertz CT molecular complexity index is 348. The SMILES string of the molecule is CCNC(CCC(F)(F)F)c1ccc(SC)cc1. The van der Waals surface area contributed by atoms with E-state index in [-0.39, 0.29) is 12.5 Å². The van der Waals surface area contributed by atoms with Crippen LogP contribution in [0.15, 0.2) is 29.2 Å². The van der Waals surface area contributed by atoms with Crippen LogP contribution < -0.4 is 5.32 Å². The lowest BCUT2D eigenvalue weighted by Gasteiger charge is -2.19. The Labute approximate surface area is 110 Å². The Kier molecular flexibility index (Phi) is 6.02. The van der Waals surface area contributed by atoms with Crippen LogP contribution in [-0.4, -0.2) is 19.0 Å². The molecule has 1 aromatic rings. The molecule has 0 aliphatic heterocycles. The van der Waals surface area contributed by atoms with Gasteiger partial charge >= 0.3 is 6.18 Å². The van der Waals surface area contributed by atoms with Gasteiger partial charge < -0.3 is 5.32 Å². The van der Waals surface area contributed by atoms with Crippen molar-refractivity contribution in [1.29, 1.82) is 0 Å². The summed E-state index contributed by atoms with van der Waals surface area (Å²) < 4.78 is 36.8. The van der Waals surface area contributed by atoms with E-state index in [2.05, 4.69) is 5.32 Å². The monoisotopic (exact) mass is 277 g/mol. The molecule has 18 heavy (non-hydrogen) atoms. The van der Waals surface area contributed by atoms with Gasteiger partial charge in [0.15, 0.2) is 0 Å². The van der Waals surface area contributed by atoms with E-state index in [0.717, 1.165) is 10.5 Å². The van der Waals surface area contributed by atoms with E-state index in [0.29, 0.717) is 6.54 Å². The normalized spacial score (nSPS) is 13.6. The van der Waals surface area contributed by atoms with Gasteiger partial charge in [0.1, 0.15) is 0 Å². The molecule has 0 saturated heterocycles. The minimum absolute atomic E-state index is 0.0793. The largest absolute Gasteiger partial charge is 0.389 e. The summed E-state index contributed by atoms with van der Waals surface area (Å²) in [5, 5.41) is 3.10. The number of thioether (sulfide) groups is 1. The van der Waals surface area contributed by atoms with Crippen molar-refractivity contribution in [2.24, 2.45) is 0 Å². The third-order valence-corrected chi connectivity index (χ3v) is 3.43. The van der Waals surface area contributed by atoms with Crippen molar-refractivity contribution in [2.75, 3.05) is 12.8 Å². The third-order valence-electron chi connectivity index (χ3n) is 2.69. The molecule has 0 spiro atoms. The molecule has 0 saturated carbocycles. The van der Waals surface area contributed by atoms with E-state index in [1.165, 1.54) is 0 Å². The molecule has 0 aliphatic rings. The Morgan fingerprint density at radius 3 is 2.28 bits per heavy atom. The minimum Gasteiger partial charge on any atom is -0.310 e. The highest BCUT2D eigenvalue weighted by molar-refractivity contribution is 7.98. The highest BCUT2D eigenvalue weighted by Crippen LogP contribution is 2.28. The summed E-state index contributed by atoms with van der Waals surface area (Å²) in [7, 11) is 0. The van der Waals surface area contributed by atoms with Crippen molar-refractivity contribution in [3.05, 3.63) is 29.8 Å². The van der Waals surface area contributed by atoms with Crippen LogP contribution in [0, 0.1) is 0 Å². The first-order chi connectivity index (χ1) is 8.46.